The van der Waals surface area contributed by atoms with Gasteiger partial charge in [-0.2, -0.15) is 0 Å². The molecule has 1 aliphatic rings. The first-order valence-electron chi connectivity index (χ1n) is 11.1. The summed E-state index contributed by atoms with van der Waals surface area (Å²) in [5, 5.41) is 8.14. The van der Waals surface area contributed by atoms with Gasteiger partial charge in [0.15, 0.2) is 0 Å². The lowest BCUT2D eigenvalue weighted by Gasteiger charge is -2.10. The maximum absolute atomic E-state index is 12.9. The number of aryl methyl sites for hydroxylation is 1. The quantitative estimate of drug-likeness (QED) is 0.522. The van der Waals surface area contributed by atoms with Crippen LogP contribution in [-0.4, -0.2) is 22.3 Å². The van der Waals surface area contributed by atoms with Gasteiger partial charge >= 0.3 is 0 Å². The molecule has 0 bridgehead atoms. The van der Waals surface area contributed by atoms with E-state index in [2.05, 4.69) is 34.4 Å². The molecule has 0 aliphatic carbocycles. The topological polar surface area (TPSA) is 60.2 Å². The zero-order chi connectivity index (χ0) is 21.9. The van der Waals surface area contributed by atoms with Gasteiger partial charge in [-0.1, -0.05) is 36.4 Å². The summed E-state index contributed by atoms with van der Waals surface area (Å²) >= 11 is 0. The number of benzene rings is 2. The van der Waals surface area contributed by atoms with Crippen molar-refractivity contribution in [3.63, 3.8) is 0 Å². The molecule has 164 valence electrons. The van der Waals surface area contributed by atoms with Crippen molar-refractivity contribution in [1.29, 1.82) is 0 Å². The number of aromatic nitrogens is 2. The summed E-state index contributed by atoms with van der Waals surface area (Å²) in [6, 6.07) is 19.6. The Bertz CT molecular complexity index is 1290. The van der Waals surface area contributed by atoms with Gasteiger partial charge < -0.3 is 19.9 Å². The predicted molar refractivity (Wildman–Crippen MR) is 127 cm³/mol. The van der Waals surface area contributed by atoms with Crippen molar-refractivity contribution in [3.8, 4) is 11.4 Å². The first kappa shape index (κ1) is 20.5. The Morgan fingerprint density at radius 1 is 1.03 bits per heavy atom. The third-order valence-electron chi connectivity index (χ3n) is 6.16. The van der Waals surface area contributed by atoms with E-state index in [0.29, 0.717) is 12.4 Å². The highest BCUT2D eigenvalue weighted by molar-refractivity contribution is 5.87. The van der Waals surface area contributed by atoms with Crippen LogP contribution >= 0.6 is 0 Å². The van der Waals surface area contributed by atoms with E-state index >= 15 is 0 Å². The molecule has 1 aliphatic heterocycles. The van der Waals surface area contributed by atoms with E-state index < -0.39 is 0 Å². The summed E-state index contributed by atoms with van der Waals surface area (Å²) in [6.07, 6.45) is 3.94. The Balaban J connectivity index is 1.44. The molecule has 6 heteroatoms. The van der Waals surface area contributed by atoms with E-state index in [1.807, 2.05) is 42.5 Å². The van der Waals surface area contributed by atoms with Crippen molar-refractivity contribution in [2.45, 2.75) is 26.0 Å². The number of hydrogen-bond donors (Lipinski definition) is 2. The minimum Gasteiger partial charge on any atom is -0.489 e. The molecule has 0 fully saturated rings. The SMILES string of the molecule is Cn1c2c(c3ccc(-n4ccc(OCc5ccccc5)cc4=O)cc31)CNCNCCC2. The molecule has 4 aromatic rings. The monoisotopic (exact) mass is 428 g/mol. The second-order valence-corrected chi connectivity index (χ2v) is 8.24. The average molecular weight is 429 g/mol. The number of ether oxygens (including phenoxy) is 1. The highest BCUT2D eigenvalue weighted by atomic mass is 16.5. The molecule has 0 unspecified atom stereocenters. The largest absolute Gasteiger partial charge is 0.489 e. The van der Waals surface area contributed by atoms with Crippen LogP contribution in [0.4, 0.5) is 0 Å². The second kappa shape index (κ2) is 9.02. The van der Waals surface area contributed by atoms with E-state index in [1.54, 1.807) is 16.8 Å². The van der Waals surface area contributed by atoms with Gasteiger partial charge in [-0.15, -0.1) is 0 Å². The van der Waals surface area contributed by atoms with E-state index in [-0.39, 0.29) is 5.56 Å². The molecule has 0 radical (unpaired) electrons. The van der Waals surface area contributed by atoms with E-state index in [9.17, 15) is 4.79 Å². The molecule has 0 amide bonds. The lowest BCUT2D eigenvalue weighted by Crippen LogP contribution is -2.28. The predicted octanol–water partition coefficient (Wildman–Crippen LogP) is 3.49. The number of hydrogen-bond acceptors (Lipinski definition) is 4. The van der Waals surface area contributed by atoms with Crippen LogP contribution in [0.5, 0.6) is 5.75 Å². The van der Waals surface area contributed by atoms with E-state index in [0.717, 1.165) is 49.4 Å². The van der Waals surface area contributed by atoms with Gasteiger partial charge in [0.05, 0.1) is 11.2 Å². The number of rotatable bonds is 4. The van der Waals surface area contributed by atoms with E-state index in [1.165, 1.54) is 16.6 Å². The maximum Gasteiger partial charge on any atom is 0.258 e. The fourth-order valence-corrected chi connectivity index (χ4v) is 4.47. The fraction of sp³-hybridized carbons (Fsp3) is 0.269. The Morgan fingerprint density at radius 3 is 2.75 bits per heavy atom. The summed E-state index contributed by atoms with van der Waals surface area (Å²) < 4.78 is 9.77. The molecule has 0 saturated heterocycles. The third-order valence-corrected chi connectivity index (χ3v) is 6.16. The Labute approximate surface area is 187 Å². The summed E-state index contributed by atoms with van der Waals surface area (Å²) in [5.74, 6) is 0.578. The van der Waals surface area contributed by atoms with Gasteiger partial charge in [0.25, 0.3) is 5.56 Å². The summed E-state index contributed by atoms with van der Waals surface area (Å²) in [5.41, 5.74) is 5.70. The summed E-state index contributed by atoms with van der Waals surface area (Å²) in [7, 11) is 2.12. The molecule has 0 saturated carbocycles. The zero-order valence-corrected chi connectivity index (χ0v) is 18.3. The van der Waals surface area contributed by atoms with Gasteiger partial charge in [-0.3, -0.25) is 9.36 Å². The molecular formula is C26H28N4O2. The van der Waals surface area contributed by atoms with Gasteiger partial charge in [0.1, 0.15) is 12.4 Å². The number of fused-ring (bicyclic) bond motifs is 3. The maximum atomic E-state index is 12.9. The second-order valence-electron chi connectivity index (χ2n) is 8.24. The van der Waals surface area contributed by atoms with Crippen LogP contribution in [0.25, 0.3) is 16.6 Å². The molecule has 0 spiro atoms. The molecule has 2 N–H and O–H groups in total. The summed E-state index contributed by atoms with van der Waals surface area (Å²) in [4.78, 5) is 12.9. The normalized spacial score (nSPS) is 14.4. The van der Waals surface area contributed by atoms with Crippen LogP contribution in [0.15, 0.2) is 71.7 Å². The number of pyridine rings is 1. The van der Waals surface area contributed by atoms with E-state index in [4.69, 9.17) is 4.74 Å². The first-order chi connectivity index (χ1) is 15.7. The van der Waals surface area contributed by atoms with Crippen molar-refractivity contribution in [3.05, 3.63) is 94.0 Å². The molecule has 3 heterocycles. The third kappa shape index (κ3) is 4.07. The van der Waals surface area contributed by atoms with Gasteiger partial charge in [0, 0.05) is 43.6 Å². The minimum atomic E-state index is -0.105. The summed E-state index contributed by atoms with van der Waals surface area (Å²) in [6.45, 7) is 3.11. The Kier molecular flexibility index (Phi) is 5.79. The lowest BCUT2D eigenvalue weighted by atomic mass is 10.1. The molecule has 2 aromatic heterocycles. The average Bonchev–Trinajstić information content (AvgIpc) is 3.14. The molecule has 0 atom stereocenters. The van der Waals surface area contributed by atoms with Crippen molar-refractivity contribution < 1.29 is 4.74 Å². The zero-order valence-electron chi connectivity index (χ0n) is 18.3. The molecule has 32 heavy (non-hydrogen) atoms. The van der Waals surface area contributed by atoms with Crippen molar-refractivity contribution in [1.82, 2.24) is 19.8 Å². The molecule has 5 rings (SSSR count). The van der Waals surface area contributed by atoms with Crippen LogP contribution < -0.4 is 20.9 Å². The Hall–Kier alpha value is -3.35. The lowest BCUT2D eigenvalue weighted by molar-refractivity contribution is 0.305. The van der Waals surface area contributed by atoms with Crippen molar-refractivity contribution in [2.75, 3.05) is 13.2 Å². The van der Waals surface area contributed by atoms with Crippen molar-refractivity contribution in [2.24, 2.45) is 7.05 Å². The molecule has 6 nitrogen and oxygen atoms in total. The smallest absolute Gasteiger partial charge is 0.258 e. The minimum absolute atomic E-state index is 0.105. The van der Waals surface area contributed by atoms with Crippen LogP contribution in [0.1, 0.15) is 23.2 Å². The van der Waals surface area contributed by atoms with Gasteiger partial charge in [-0.25, -0.2) is 0 Å². The molecule has 2 aromatic carbocycles. The van der Waals surface area contributed by atoms with Gasteiger partial charge in [0.2, 0.25) is 0 Å². The van der Waals surface area contributed by atoms with Crippen LogP contribution in [0, 0.1) is 0 Å². The Morgan fingerprint density at radius 2 is 1.91 bits per heavy atom. The standard InChI is InChI=1S/C26H28N4O2/c1-29-24-8-5-12-27-18-28-16-23(24)22-10-9-20(14-25(22)29)30-13-11-21(15-26(30)31)32-17-19-6-3-2-4-7-19/h2-4,6-7,9-11,13-15,27-28H,5,8,12,16-18H2,1H3. The van der Waals surface area contributed by atoms with Crippen LogP contribution in [-0.2, 0) is 26.6 Å². The van der Waals surface area contributed by atoms with Crippen LogP contribution in [0.2, 0.25) is 0 Å². The van der Waals surface area contributed by atoms with Crippen LogP contribution in [0.3, 0.4) is 0 Å². The highest BCUT2D eigenvalue weighted by Gasteiger charge is 2.16. The van der Waals surface area contributed by atoms with Crippen molar-refractivity contribution >= 4 is 10.9 Å². The molecular weight excluding hydrogens is 400 g/mol. The fourth-order valence-electron chi connectivity index (χ4n) is 4.47. The number of nitrogens with zero attached hydrogens (tertiary/aromatic N) is 2. The van der Waals surface area contributed by atoms with Gasteiger partial charge in [-0.05, 0) is 48.7 Å². The highest BCUT2D eigenvalue weighted by Crippen LogP contribution is 2.28. The number of nitrogens with one attached hydrogen (secondary N) is 2. The first-order valence-corrected chi connectivity index (χ1v) is 11.1.